The molecule has 1 aromatic rings. The summed E-state index contributed by atoms with van der Waals surface area (Å²) in [4.78, 5) is 0. The van der Waals surface area contributed by atoms with Crippen molar-refractivity contribution in [1.82, 2.24) is 9.78 Å². The van der Waals surface area contributed by atoms with Crippen molar-refractivity contribution in [3.8, 4) is 0 Å². The van der Waals surface area contributed by atoms with E-state index in [-0.39, 0.29) is 0 Å². The largest absolute Gasteiger partial charge is 0.266 e. The molecule has 1 heterocycles. The summed E-state index contributed by atoms with van der Waals surface area (Å²) in [6.07, 6.45) is 0. The van der Waals surface area contributed by atoms with Crippen LogP contribution >= 0.6 is 0 Å². The van der Waals surface area contributed by atoms with Crippen LogP contribution in [0.15, 0.2) is 0 Å². The van der Waals surface area contributed by atoms with Gasteiger partial charge in [0, 0.05) is 11.7 Å². The van der Waals surface area contributed by atoms with Crippen molar-refractivity contribution in [3.05, 3.63) is 17.0 Å². The number of hydrogen-bond acceptors (Lipinski definition) is 1. The quantitative estimate of drug-likeness (QED) is 0.683. The number of hydrogen-bond donors (Lipinski definition) is 0. The predicted octanol–water partition coefficient (Wildman–Crippen LogP) is 3.20. The lowest BCUT2D eigenvalue weighted by molar-refractivity contribution is 0.494. The fourth-order valence-electron chi connectivity index (χ4n) is 1.74. The van der Waals surface area contributed by atoms with Crippen molar-refractivity contribution < 1.29 is 0 Å². The molecule has 0 atom stereocenters. The maximum absolute atomic E-state index is 4.55. The van der Waals surface area contributed by atoms with Crippen LogP contribution in [0.25, 0.3) is 0 Å². The van der Waals surface area contributed by atoms with Crippen LogP contribution in [-0.4, -0.2) is 9.78 Å². The van der Waals surface area contributed by atoms with Gasteiger partial charge < -0.3 is 0 Å². The summed E-state index contributed by atoms with van der Waals surface area (Å²) in [6, 6.07) is 0.463. The highest BCUT2D eigenvalue weighted by Gasteiger charge is 2.15. The van der Waals surface area contributed by atoms with Gasteiger partial charge in [0.05, 0.1) is 5.69 Å². The van der Waals surface area contributed by atoms with Gasteiger partial charge in [-0.2, -0.15) is 5.10 Å². The van der Waals surface area contributed by atoms with Gasteiger partial charge in [0.1, 0.15) is 0 Å². The number of aryl methyl sites for hydroxylation is 1. The number of nitrogens with zero attached hydrogens (tertiary/aromatic N) is 2. The van der Waals surface area contributed by atoms with Crippen molar-refractivity contribution in [3.63, 3.8) is 0 Å². The molecular formula is C11H20N2. The molecule has 74 valence electrons. The lowest BCUT2D eigenvalue weighted by Crippen LogP contribution is -2.09. The first-order chi connectivity index (χ1) is 5.95. The van der Waals surface area contributed by atoms with Crippen LogP contribution < -0.4 is 0 Å². The molecule has 1 rings (SSSR count). The number of rotatable bonds is 2. The van der Waals surface area contributed by atoms with Gasteiger partial charge in [-0.3, -0.25) is 4.68 Å². The van der Waals surface area contributed by atoms with Crippen LogP contribution in [0.1, 0.15) is 56.6 Å². The molecule has 0 saturated carbocycles. The van der Waals surface area contributed by atoms with Gasteiger partial charge in [-0.1, -0.05) is 13.8 Å². The van der Waals surface area contributed by atoms with Gasteiger partial charge >= 0.3 is 0 Å². The summed E-state index contributed by atoms with van der Waals surface area (Å²) >= 11 is 0. The van der Waals surface area contributed by atoms with E-state index in [9.17, 15) is 0 Å². The Morgan fingerprint density at radius 2 is 1.62 bits per heavy atom. The SMILES string of the molecule is Cc1nn(C(C)C)c(C(C)C)c1C. The Labute approximate surface area is 81.0 Å². The Bertz CT molecular complexity index is 295. The zero-order valence-corrected chi connectivity index (χ0v) is 9.55. The fraction of sp³-hybridized carbons (Fsp3) is 0.727. The first-order valence-electron chi connectivity index (χ1n) is 5.00. The number of aromatic nitrogens is 2. The van der Waals surface area contributed by atoms with E-state index >= 15 is 0 Å². The van der Waals surface area contributed by atoms with Crippen molar-refractivity contribution in [2.24, 2.45) is 0 Å². The first-order valence-corrected chi connectivity index (χ1v) is 5.00. The molecule has 0 unspecified atom stereocenters. The maximum atomic E-state index is 4.55. The minimum Gasteiger partial charge on any atom is -0.266 e. The Morgan fingerprint density at radius 3 is 1.92 bits per heavy atom. The highest BCUT2D eigenvalue weighted by atomic mass is 15.3. The normalized spacial score (nSPS) is 11.7. The zero-order chi connectivity index (χ0) is 10.2. The van der Waals surface area contributed by atoms with E-state index in [1.165, 1.54) is 11.3 Å². The van der Waals surface area contributed by atoms with E-state index in [0.29, 0.717) is 12.0 Å². The minimum absolute atomic E-state index is 0.463. The second kappa shape index (κ2) is 3.52. The summed E-state index contributed by atoms with van der Waals surface area (Å²) in [5.41, 5.74) is 3.90. The standard InChI is InChI=1S/C11H20N2/c1-7(2)11-9(5)10(6)12-13(11)8(3)4/h7-8H,1-6H3. The lowest BCUT2D eigenvalue weighted by atomic mass is 10.0. The van der Waals surface area contributed by atoms with Crippen molar-refractivity contribution in [2.45, 2.75) is 53.5 Å². The Balaban J connectivity index is 3.27. The molecule has 0 aromatic carbocycles. The third-order valence-electron chi connectivity index (χ3n) is 2.47. The molecule has 0 aliphatic carbocycles. The van der Waals surface area contributed by atoms with E-state index in [4.69, 9.17) is 0 Å². The second-order valence-electron chi connectivity index (χ2n) is 4.29. The third-order valence-corrected chi connectivity index (χ3v) is 2.47. The predicted molar refractivity (Wildman–Crippen MR) is 56.2 cm³/mol. The smallest absolute Gasteiger partial charge is 0.0625 e. The molecule has 0 aliphatic rings. The molecule has 0 aliphatic heterocycles. The molecule has 0 spiro atoms. The first kappa shape index (κ1) is 10.3. The monoisotopic (exact) mass is 180 g/mol. The van der Waals surface area contributed by atoms with Crippen LogP contribution in [0.3, 0.4) is 0 Å². The van der Waals surface area contributed by atoms with Crippen LogP contribution in [0, 0.1) is 13.8 Å². The van der Waals surface area contributed by atoms with Crippen LogP contribution in [-0.2, 0) is 0 Å². The Hall–Kier alpha value is -0.790. The van der Waals surface area contributed by atoms with Gasteiger partial charge in [-0.25, -0.2) is 0 Å². The minimum atomic E-state index is 0.463. The molecule has 0 amide bonds. The van der Waals surface area contributed by atoms with E-state index < -0.39 is 0 Å². The zero-order valence-electron chi connectivity index (χ0n) is 9.55. The molecule has 1 aromatic heterocycles. The van der Waals surface area contributed by atoms with Crippen molar-refractivity contribution in [1.29, 1.82) is 0 Å². The van der Waals surface area contributed by atoms with E-state index in [1.54, 1.807) is 0 Å². The van der Waals surface area contributed by atoms with Crippen molar-refractivity contribution >= 4 is 0 Å². The molecular weight excluding hydrogens is 160 g/mol. The second-order valence-corrected chi connectivity index (χ2v) is 4.29. The maximum Gasteiger partial charge on any atom is 0.0625 e. The fourth-order valence-corrected chi connectivity index (χ4v) is 1.74. The highest BCUT2D eigenvalue weighted by Crippen LogP contribution is 2.24. The summed E-state index contributed by atoms with van der Waals surface area (Å²) in [6.45, 7) is 13.1. The molecule has 13 heavy (non-hydrogen) atoms. The van der Waals surface area contributed by atoms with Crippen LogP contribution in [0.4, 0.5) is 0 Å². The molecule has 0 fully saturated rings. The van der Waals surface area contributed by atoms with Gasteiger partial charge in [-0.15, -0.1) is 0 Å². The molecule has 2 nitrogen and oxygen atoms in total. The van der Waals surface area contributed by atoms with Gasteiger partial charge in [0.25, 0.3) is 0 Å². The average Bonchev–Trinajstić information content (AvgIpc) is 2.28. The van der Waals surface area contributed by atoms with Crippen LogP contribution in [0.5, 0.6) is 0 Å². The third kappa shape index (κ3) is 1.77. The van der Waals surface area contributed by atoms with Gasteiger partial charge in [0.2, 0.25) is 0 Å². The molecule has 0 N–H and O–H groups in total. The topological polar surface area (TPSA) is 17.8 Å². The summed E-state index contributed by atoms with van der Waals surface area (Å²) in [5, 5.41) is 4.55. The lowest BCUT2D eigenvalue weighted by Gasteiger charge is -2.14. The Morgan fingerprint density at radius 1 is 1.08 bits per heavy atom. The van der Waals surface area contributed by atoms with E-state index in [2.05, 4.69) is 51.3 Å². The molecule has 0 bridgehead atoms. The van der Waals surface area contributed by atoms with Crippen LogP contribution in [0.2, 0.25) is 0 Å². The summed E-state index contributed by atoms with van der Waals surface area (Å²) in [7, 11) is 0. The summed E-state index contributed by atoms with van der Waals surface area (Å²) in [5.74, 6) is 0.559. The Kier molecular flexibility index (Phi) is 2.79. The van der Waals surface area contributed by atoms with E-state index in [1.807, 2.05) is 0 Å². The highest BCUT2D eigenvalue weighted by molar-refractivity contribution is 5.26. The van der Waals surface area contributed by atoms with Crippen molar-refractivity contribution in [2.75, 3.05) is 0 Å². The van der Waals surface area contributed by atoms with Gasteiger partial charge in [0.15, 0.2) is 0 Å². The molecule has 2 heteroatoms. The molecule has 0 radical (unpaired) electrons. The molecule has 0 saturated heterocycles. The van der Waals surface area contributed by atoms with Gasteiger partial charge in [-0.05, 0) is 39.2 Å². The average molecular weight is 180 g/mol. The van der Waals surface area contributed by atoms with E-state index in [0.717, 1.165) is 5.69 Å². The summed E-state index contributed by atoms with van der Waals surface area (Å²) < 4.78 is 2.15.